The molecule has 0 amide bonds. The van der Waals surface area contributed by atoms with Gasteiger partial charge in [0.05, 0.1) is 11.4 Å². The molecule has 1 atom stereocenters. The molecule has 1 unspecified atom stereocenters. The Morgan fingerprint density at radius 3 is 2.39 bits per heavy atom. The first-order valence-electron chi connectivity index (χ1n) is 10.1. The molecule has 1 fully saturated rings. The molecule has 1 aromatic carbocycles. The first-order chi connectivity index (χ1) is 13.3. The summed E-state index contributed by atoms with van der Waals surface area (Å²) in [7, 11) is 0.661. The van der Waals surface area contributed by atoms with Gasteiger partial charge in [-0.05, 0) is 87.5 Å². The predicted molar refractivity (Wildman–Crippen MR) is 115 cm³/mol. The number of hydrogen-bond donors (Lipinski definition) is 2. The monoisotopic (exact) mass is 405 g/mol. The van der Waals surface area contributed by atoms with Gasteiger partial charge >= 0.3 is 10.4 Å². The third kappa shape index (κ3) is 5.01. The van der Waals surface area contributed by atoms with Crippen LogP contribution in [-0.4, -0.2) is 39.4 Å². The highest BCUT2D eigenvalue weighted by Crippen LogP contribution is 2.26. The third-order valence-corrected chi connectivity index (χ3v) is 7.30. The van der Waals surface area contributed by atoms with E-state index in [4.69, 9.17) is 0 Å². The van der Waals surface area contributed by atoms with Gasteiger partial charge in [-0.2, -0.15) is 14.4 Å². The molecular weight excluding hydrogens is 372 g/mol. The molecule has 1 saturated heterocycles. The van der Waals surface area contributed by atoms with Crippen molar-refractivity contribution in [2.75, 3.05) is 24.9 Å². The van der Waals surface area contributed by atoms with Crippen molar-refractivity contribution in [1.29, 1.82) is 0 Å². The topological polar surface area (TPSA) is 70.4 Å². The Hall–Kier alpha value is -1.70. The van der Waals surface area contributed by atoms with Crippen LogP contribution in [0.5, 0.6) is 0 Å². The number of nitrogens with one attached hydrogen (secondary N) is 1. The second-order valence-electron chi connectivity index (χ2n) is 8.08. The molecule has 6 nitrogen and oxygen atoms in total. The number of benzene rings is 1. The van der Waals surface area contributed by atoms with E-state index in [-0.39, 0.29) is 0 Å². The number of piperidine rings is 1. The van der Waals surface area contributed by atoms with E-state index in [9.17, 15) is 8.76 Å². The quantitative estimate of drug-likeness (QED) is 0.682. The van der Waals surface area contributed by atoms with Crippen LogP contribution in [0.1, 0.15) is 42.6 Å². The minimum atomic E-state index is -3.36. The summed E-state index contributed by atoms with van der Waals surface area (Å²) in [5.41, 5.74) is 3.40. The highest BCUT2D eigenvalue weighted by atomic mass is 32.3. The van der Waals surface area contributed by atoms with Crippen molar-refractivity contribution in [3.8, 4) is 0 Å². The average Bonchev–Trinajstić information content (AvgIpc) is 2.90. The van der Waals surface area contributed by atoms with E-state index in [1.165, 1.54) is 44.3 Å². The molecule has 1 aromatic heterocycles. The van der Waals surface area contributed by atoms with Crippen LogP contribution in [0, 0.1) is 19.8 Å². The molecule has 2 aromatic rings. The van der Waals surface area contributed by atoms with Gasteiger partial charge in [-0.3, -0.25) is 4.68 Å². The van der Waals surface area contributed by atoms with Crippen molar-refractivity contribution in [1.82, 2.24) is 14.7 Å². The lowest BCUT2D eigenvalue weighted by Gasteiger charge is -2.28. The molecular formula is C21H33N4O2S+. The largest absolute Gasteiger partial charge is 0.346 e. The zero-order valence-electron chi connectivity index (χ0n) is 17.4. The van der Waals surface area contributed by atoms with Crippen molar-refractivity contribution >= 4 is 16.1 Å². The van der Waals surface area contributed by atoms with E-state index >= 15 is 0 Å². The van der Waals surface area contributed by atoms with E-state index in [1.807, 2.05) is 33.0 Å². The van der Waals surface area contributed by atoms with Crippen molar-refractivity contribution in [3.63, 3.8) is 0 Å². The fraction of sp³-hybridized carbons (Fsp3) is 0.571. The first-order valence-corrected chi connectivity index (χ1v) is 11.6. The Bertz CT molecular complexity index is 839. The minimum absolute atomic E-state index is 0.397. The molecule has 2 heterocycles. The van der Waals surface area contributed by atoms with Gasteiger partial charge in [0.1, 0.15) is 5.69 Å². The van der Waals surface area contributed by atoms with Crippen molar-refractivity contribution in [3.05, 3.63) is 41.2 Å². The molecule has 1 aliphatic rings. The molecule has 7 heteroatoms. The normalized spacial score (nSPS) is 18.2. The summed E-state index contributed by atoms with van der Waals surface area (Å²) in [5.74, 6) is 0.849. The maximum absolute atomic E-state index is 12.8. The number of nitrogens with zero attached hydrogens (tertiary/aromatic N) is 3. The molecule has 2 N–H and O–H groups in total. The summed E-state index contributed by atoms with van der Waals surface area (Å²) in [6.07, 6.45) is 6.08. The van der Waals surface area contributed by atoms with Crippen LogP contribution >= 0.6 is 0 Å². The van der Waals surface area contributed by atoms with Crippen molar-refractivity contribution in [2.45, 2.75) is 50.8 Å². The van der Waals surface area contributed by atoms with Crippen LogP contribution in [0.2, 0.25) is 0 Å². The Balaban J connectivity index is 1.56. The van der Waals surface area contributed by atoms with Crippen LogP contribution in [-0.2, 0) is 28.1 Å². The van der Waals surface area contributed by atoms with Gasteiger partial charge in [0.25, 0.3) is 0 Å². The average molecular weight is 406 g/mol. The number of rotatable bonds is 7. The Morgan fingerprint density at radius 2 is 1.82 bits per heavy atom. The molecule has 0 bridgehead atoms. The predicted octanol–water partition coefficient (Wildman–Crippen LogP) is 4.06. The first kappa shape index (κ1) is 21.0. The Morgan fingerprint density at radius 1 is 1.18 bits per heavy atom. The Kier molecular flexibility index (Phi) is 6.58. The highest BCUT2D eigenvalue weighted by molar-refractivity contribution is 7.99. The second kappa shape index (κ2) is 8.76. The fourth-order valence-electron chi connectivity index (χ4n) is 3.90. The third-order valence-electron chi connectivity index (χ3n) is 5.91. The minimum Gasteiger partial charge on any atom is -0.306 e. The molecule has 0 radical (unpaired) electrons. The fourth-order valence-corrected chi connectivity index (χ4v) is 5.10. The van der Waals surface area contributed by atoms with Gasteiger partial charge in [0, 0.05) is 7.05 Å². The van der Waals surface area contributed by atoms with Gasteiger partial charge in [-0.15, -0.1) is 0 Å². The standard InChI is InChI=1S/C21H32N4O2S/c1-16-21(17(2)25(4)22-16)23-28(26,27)20-10-8-18(9-11-20)6-5-7-19-12-14-24(3)15-13-19/h8-11,19H,5-7,12-15H2,1-4H3,(H-,23,26,27)/p+1. The van der Waals surface area contributed by atoms with Gasteiger partial charge in [0.2, 0.25) is 4.90 Å². The number of likely N-dealkylation sites (tertiary alicyclic amines) is 1. The summed E-state index contributed by atoms with van der Waals surface area (Å²) in [6.45, 7) is 6.14. The van der Waals surface area contributed by atoms with Gasteiger partial charge in [-0.25, -0.2) is 0 Å². The second-order valence-corrected chi connectivity index (χ2v) is 9.81. The zero-order chi connectivity index (χ0) is 20.3. The van der Waals surface area contributed by atoms with E-state index in [2.05, 4.69) is 21.8 Å². The van der Waals surface area contributed by atoms with Crippen LogP contribution < -0.4 is 4.72 Å². The molecule has 154 valence electrons. The van der Waals surface area contributed by atoms with E-state index < -0.39 is 10.4 Å². The molecule has 0 aliphatic carbocycles. The molecule has 1 aliphatic heterocycles. The van der Waals surface area contributed by atoms with Crippen LogP contribution in [0.15, 0.2) is 29.2 Å². The molecule has 3 rings (SSSR count). The van der Waals surface area contributed by atoms with Crippen molar-refractivity contribution in [2.24, 2.45) is 13.0 Å². The summed E-state index contributed by atoms with van der Waals surface area (Å²) in [4.78, 5) is 2.80. The number of anilines is 1. The highest BCUT2D eigenvalue weighted by Gasteiger charge is 2.31. The maximum atomic E-state index is 12.8. The van der Waals surface area contributed by atoms with E-state index in [0.29, 0.717) is 16.3 Å². The van der Waals surface area contributed by atoms with Gasteiger partial charge < -0.3 is 4.90 Å². The smallest absolute Gasteiger partial charge is 0.306 e. The van der Waals surface area contributed by atoms with Crippen molar-refractivity contribution < 1.29 is 8.76 Å². The summed E-state index contributed by atoms with van der Waals surface area (Å²) >= 11 is 0. The molecule has 0 saturated carbocycles. The van der Waals surface area contributed by atoms with Crippen LogP contribution in [0.4, 0.5) is 5.69 Å². The summed E-state index contributed by atoms with van der Waals surface area (Å²) in [5, 5.41) is 4.29. The molecule has 28 heavy (non-hydrogen) atoms. The number of aromatic nitrogens is 2. The molecule has 0 spiro atoms. The Labute approximate surface area is 169 Å². The number of aryl methyl sites for hydroxylation is 3. The number of hydrogen-bond acceptors (Lipinski definition) is 3. The van der Waals surface area contributed by atoms with Crippen LogP contribution in [0.3, 0.4) is 0 Å². The summed E-state index contributed by atoms with van der Waals surface area (Å²) in [6, 6.07) is 7.48. The van der Waals surface area contributed by atoms with E-state index in [1.54, 1.807) is 16.8 Å². The van der Waals surface area contributed by atoms with Crippen LogP contribution in [0.25, 0.3) is 0 Å². The zero-order valence-corrected chi connectivity index (χ0v) is 18.3. The van der Waals surface area contributed by atoms with E-state index in [0.717, 1.165) is 18.0 Å². The van der Waals surface area contributed by atoms with Gasteiger partial charge in [0.15, 0.2) is 0 Å². The lowest BCUT2D eigenvalue weighted by Crippen LogP contribution is -2.30. The lowest BCUT2D eigenvalue weighted by molar-refractivity contribution is 0.210. The van der Waals surface area contributed by atoms with Gasteiger partial charge in [-0.1, -0.05) is 18.6 Å². The lowest BCUT2D eigenvalue weighted by atomic mass is 9.91. The SMILES string of the molecule is Cc1nn(C)c(C)c1N[S+](=O)(O)c1ccc(CCCC2CCN(C)CC2)cc1. The maximum Gasteiger partial charge on any atom is 0.346 e. The summed E-state index contributed by atoms with van der Waals surface area (Å²) < 4.78 is 27.9.